The number of ketones is 1. The molecule has 0 radical (unpaired) electrons. The number of hydrogen-bond donors (Lipinski definition) is 0. The number of amides is 1. The van der Waals surface area contributed by atoms with Crippen LogP contribution in [0.25, 0.3) is 0 Å². The van der Waals surface area contributed by atoms with E-state index < -0.39 is 0 Å². The Bertz CT molecular complexity index is 457. The number of Topliss-reactive ketones (excluding diaryl/α,β-unsaturated/α-hetero) is 1. The second kappa shape index (κ2) is 4.44. The minimum Gasteiger partial charge on any atom is -0.445 e. The van der Waals surface area contributed by atoms with Gasteiger partial charge in [-0.1, -0.05) is 30.3 Å². The maximum atomic E-state index is 11.9. The van der Waals surface area contributed by atoms with Gasteiger partial charge in [0, 0.05) is 24.9 Å². The van der Waals surface area contributed by atoms with Crippen molar-refractivity contribution in [2.75, 3.05) is 0 Å². The molecule has 2 bridgehead atoms. The summed E-state index contributed by atoms with van der Waals surface area (Å²) in [7, 11) is 0. The Morgan fingerprint density at radius 1 is 1.22 bits per heavy atom. The number of rotatable bonds is 2. The maximum absolute atomic E-state index is 11.9. The Morgan fingerprint density at radius 3 is 2.56 bits per heavy atom. The first-order chi connectivity index (χ1) is 8.74. The average molecular weight is 245 g/mol. The van der Waals surface area contributed by atoms with Gasteiger partial charge in [0.1, 0.15) is 12.4 Å². The smallest absolute Gasteiger partial charge is 0.410 e. The van der Waals surface area contributed by atoms with Crippen molar-refractivity contribution in [3.8, 4) is 0 Å². The van der Waals surface area contributed by atoms with Crippen molar-refractivity contribution in [1.82, 2.24) is 4.90 Å². The van der Waals surface area contributed by atoms with Crippen molar-refractivity contribution in [1.29, 1.82) is 0 Å². The summed E-state index contributed by atoms with van der Waals surface area (Å²) >= 11 is 0. The highest BCUT2D eigenvalue weighted by atomic mass is 16.6. The van der Waals surface area contributed by atoms with Gasteiger partial charge < -0.3 is 9.64 Å². The zero-order chi connectivity index (χ0) is 12.5. The van der Waals surface area contributed by atoms with Gasteiger partial charge in [-0.05, 0) is 12.0 Å². The fourth-order valence-electron chi connectivity index (χ4n) is 2.77. The first-order valence-electron chi connectivity index (χ1n) is 6.25. The SMILES string of the molecule is O=C1CC2CC(C1)N2C(=O)OCc1ccccc1. The minimum atomic E-state index is -0.285. The van der Waals surface area contributed by atoms with Gasteiger partial charge in [0.15, 0.2) is 0 Å². The first kappa shape index (κ1) is 11.3. The molecule has 1 aliphatic carbocycles. The predicted molar refractivity (Wildman–Crippen MR) is 64.9 cm³/mol. The summed E-state index contributed by atoms with van der Waals surface area (Å²) in [6.45, 7) is 0.295. The van der Waals surface area contributed by atoms with Crippen molar-refractivity contribution in [2.45, 2.75) is 38.0 Å². The van der Waals surface area contributed by atoms with Gasteiger partial charge in [-0.25, -0.2) is 4.79 Å². The lowest BCUT2D eigenvalue weighted by atomic mass is 9.79. The molecule has 2 saturated heterocycles. The molecule has 2 atom stereocenters. The lowest BCUT2D eigenvalue weighted by Crippen LogP contribution is -2.63. The molecule has 3 aliphatic rings. The molecular weight excluding hydrogens is 230 g/mol. The molecule has 2 heterocycles. The number of hydrogen-bond acceptors (Lipinski definition) is 3. The van der Waals surface area contributed by atoms with Crippen LogP contribution in [0.15, 0.2) is 30.3 Å². The second-order valence-electron chi connectivity index (χ2n) is 4.94. The fraction of sp³-hybridized carbons (Fsp3) is 0.429. The van der Waals surface area contributed by atoms with Crippen LogP contribution in [0.1, 0.15) is 24.8 Å². The van der Waals surface area contributed by atoms with Crippen LogP contribution < -0.4 is 0 Å². The van der Waals surface area contributed by atoms with Crippen LogP contribution in [0.3, 0.4) is 0 Å². The number of fused-ring (bicyclic) bond motifs is 2. The molecule has 4 nitrogen and oxygen atoms in total. The van der Waals surface area contributed by atoms with Gasteiger partial charge in [0.05, 0.1) is 0 Å². The van der Waals surface area contributed by atoms with E-state index in [1.807, 2.05) is 30.3 Å². The summed E-state index contributed by atoms with van der Waals surface area (Å²) in [5.74, 6) is 0.267. The average Bonchev–Trinajstić information content (AvgIpc) is 2.37. The van der Waals surface area contributed by atoms with Crippen molar-refractivity contribution in [3.63, 3.8) is 0 Å². The standard InChI is InChI=1S/C14H15NO3/c16-13-7-11-6-12(8-13)15(11)14(17)18-9-10-4-2-1-3-5-10/h1-5,11-12H,6-9H2. The van der Waals surface area contributed by atoms with E-state index in [2.05, 4.69) is 0 Å². The number of benzene rings is 1. The van der Waals surface area contributed by atoms with Gasteiger partial charge in [0.2, 0.25) is 0 Å². The van der Waals surface area contributed by atoms with E-state index in [4.69, 9.17) is 4.74 Å². The van der Waals surface area contributed by atoms with Crippen LogP contribution >= 0.6 is 0 Å². The summed E-state index contributed by atoms with van der Waals surface area (Å²) in [6.07, 6.45) is 1.66. The molecule has 94 valence electrons. The van der Waals surface area contributed by atoms with E-state index in [-0.39, 0.29) is 24.0 Å². The molecule has 2 aliphatic heterocycles. The zero-order valence-corrected chi connectivity index (χ0v) is 10.0. The predicted octanol–water partition coefficient (Wildman–Crippen LogP) is 2.13. The Hall–Kier alpha value is -1.84. The van der Waals surface area contributed by atoms with E-state index in [0.717, 1.165) is 12.0 Å². The molecule has 0 aromatic heterocycles. The fourth-order valence-corrected chi connectivity index (χ4v) is 2.77. The largest absolute Gasteiger partial charge is 0.445 e. The lowest BCUT2D eigenvalue weighted by molar-refractivity contribution is -0.131. The molecular formula is C14H15NO3. The third-order valence-corrected chi connectivity index (χ3v) is 3.67. The molecule has 0 N–H and O–H groups in total. The zero-order valence-electron chi connectivity index (χ0n) is 10.0. The molecule has 2 unspecified atom stereocenters. The Labute approximate surface area is 106 Å². The first-order valence-corrected chi connectivity index (χ1v) is 6.25. The summed E-state index contributed by atoms with van der Waals surface area (Å²) in [5.41, 5.74) is 0.979. The van der Waals surface area contributed by atoms with Gasteiger partial charge in [-0.3, -0.25) is 4.79 Å². The number of nitrogens with zero attached hydrogens (tertiary/aromatic N) is 1. The molecule has 4 heteroatoms. The van der Waals surface area contributed by atoms with Crippen LogP contribution in [-0.2, 0) is 16.1 Å². The Kier molecular flexibility index (Phi) is 2.78. The van der Waals surface area contributed by atoms with Crippen LogP contribution in [0.2, 0.25) is 0 Å². The third kappa shape index (κ3) is 1.98. The monoisotopic (exact) mass is 245 g/mol. The molecule has 1 saturated carbocycles. The Balaban J connectivity index is 1.55. The van der Waals surface area contributed by atoms with Gasteiger partial charge in [-0.15, -0.1) is 0 Å². The minimum absolute atomic E-state index is 0.0829. The second-order valence-corrected chi connectivity index (χ2v) is 4.94. The van der Waals surface area contributed by atoms with Gasteiger partial charge >= 0.3 is 6.09 Å². The number of piperidine rings is 1. The topological polar surface area (TPSA) is 46.6 Å². The molecule has 1 aromatic rings. The summed E-state index contributed by atoms with van der Waals surface area (Å²) in [6, 6.07) is 9.78. The van der Waals surface area contributed by atoms with Crippen LogP contribution in [0.5, 0.6) is 0 Å². The van der Waals surface area contributed by atoms with Crippen LogP contribution in [0.4, 0.5) is 4.79 Å². The lowest BCUT2D eigenvalue weighted by Gasteiger charge is -2.50. The van der Waals surface area contributed by atoms with E-state index >= 15 is 0 Å². The highest BCUT2D eigenvalue weighted by Gasteiger charge is 2.48. The molecule has 1 amide bonds. The highest BCUT2D eigenvalue weighted by Crippen LogP contribution is 2.36. The third-order valence-electron chi connectivity index (χ3n) is 3.67. The molecule has 4 rings (SSSR count). The highest BCUT2D eigenvalue weighted by molar-refractivity contribution is 5.84. The van der Waals surface area contributed by atoms with E-state index in [0.29, 0.717) is 19.4 Å². The van der Waals surface area contributed by atoms with E-state index in [1.165, 1.54) is 0 Å². The summed E-state index contributed by atoms with van der Waals surface area (Å²) in [4.78, 5) is 24.9. The summed E-state index contributed by atoms with van der Waals surface area (Å²) in [5, 5.41) is 0. The molecule has 3 fully saturated rings. The number of carbonyl (C=O) groups is 2. The molecule has 0 spiro atoms. The summed E-state index contributed by atoms with van der Waals surface area (Å²) < 4.78 is 5.28. The molecule has 18 heavy (non-hydrogen) atoms. The van der Waals surface area contributed by atoms with Gasteiger partial charge in [-0.2, -0.15) is 0 Å². The van der Waals surface area contributed by atoms with E-state index in [9.17, 15) is 9.59 Å². The number of carbonyl (C=O) groups excluding carboxylic acids is 2. The maximum Gasteiger partial charge on any atom is 0.410 e. The van der Waals surface area contributed by atoms with Crippen molar-refractivity contribution < 1.29 is 14.3 Å². The Morgan fingerprint density at radius 2 is 1.89 bits per heavy atom. The van der Waals surface area contributed by atoms with Crippen molar-refractivity contribution in [3.05, 3.63) is 35.9 Å². The van der Waals surface area contributed by atoms with Crippen LogP contribution in [-0.4, -0.2) is 28.9 Å². The van der Waals surface area contributed by atoms with Crippen LogP contribution in [0, 0.1) is 0 Å². The van der Waals surface area contributed by atoms with Crippen molar-refractivity contribution in [2.24, 2.45) is 0 Å². The van der Waals surface area contributed by atoms with Gasteiger partial charge in [0.25, 0.3) is 0 Å². The quantitative estimate of drug-likeness (QED) is 0.801. The van der Waals surface area contributed by atoms with Crippen molar-refractivity contribution >= 4 is 11.9 Å². The van der Waals surface area contributed by atoms with E-state index in [1.54, 1.807) is 4.90 Å². The normalized spacial score (nSPS) is 25.6. The number of ether oxygens (including phenoxy) is 1. The molecule has 1 aromatic carbocycles.